The van der Waals surface area contributed by atoms with Gasteiger partial charge >= 0.3 is 6.18 Å². The first kappa shape index (κ1) is 18.2. The number of halogens is 3. The molecular formula is C15H16F3N3O2S. The third-order valence-corrected chi connectivity index (χ3v) is 3.93. The molecule has 0 radical (unpaired) electrons. The lowest BCUT2D eigenvalue weighted by Crippen LogP contribution is -2.39. The number of nitrogens with zero attached hydrogens (tertiary/aromatic N) is 3. The minimum atomic E-state index is -4.43. The molecule has 0 bridgehead atoms. The van der Waals surface area contributed by atoms with Gasteiger partial charge in [-0.15, -0.1) is 17.9 Å². The summed E-state index contributed by atoms with van der Waals surface area (Å²) in [6, 6.07) is 3.72. The number of alkyl halides is 3. The zero-order valence-corrected chi connectivity index (χ0v) is 13.6. The second-order valence-electron chi connectivity index (χ2n) is 5.02. The minimum Gasteiger partial charge on any atom is -0.339 e. The van der Waals surface area contributed by atoms with Gasteiger partial charge in [0.05, 0.1) is 4.88 Å². The highest BCUT2D eigenvalue weighted by molar-refractivity contribution is 7.13. The molecule has 5 nitrogen and oxygen atoms in total. The molecule has 9 heteroatoms. The number of hydrogen-bond donors (Lipinski definition) is 0. The Labute approximate surface area is 140 Å². The fourth-order valence-electron chi connectivity index (χ4n) is 2.04. The van der Waals surface area contributed by atoms with Crippen LogP contribution in [0.25, 0.3) is 10.7 Å². The van der Waals surface area contributed by atoms with Gasteiger partial charge in [-0.25, -0.2) is 0 Å². The Balaban J connectivity index is 1.84. The first-order chi connectivity index (χ1) is 11.4. The molecule has 0 atom stereocenters. The van der Waals surface area contributed by atoms with E-state index in [1.54, 1.807) is 0 Å². The monoisotopic (exact) mass is 359 g/mol. The first-order valence-electron chi connectivity index (χ1n) is 7.21. The molecule has 0 spiro atoms. The number of carbonyl (C=O) groups excluding carboxylic acids is 1. The van der Waals surface area contributed by atoms with Crippen LogP contribution in [0.1, 0.15) is 18.7 Å². The number of aryl methyl sites for hydroxylation is 1. The highest BCUT2D eigenvalue weighted by Crippen LogP contribution is 2.22. The van der Waals surface area contributed by atoms with E-state index in [9.17, 15) is 18.0 Å². The quantitative estimate of drug-likeness (QED) is 0.675. The molecule has 0 aromatic carbocycles. The Bertz CT molecular complexity index is 668. The van der Waals surface area contributed by atoms with Gasteiger partial charge in [-0.05, 0) is 17.9 Å². The molecule has 0 aliphatic carbocycles. The van der Waals surface area contributed by atoms with E-state index in [0.717, 1.165) is 9.78 Å². The fourth-order valence-corrected chi connectivity index (χ4v) is 2.69. The van der Waals surface area contributed by atoms with Crippen LogP contribution in [0.15, 0.2) is 34.7 Å². The molecule has 0 fully saturated rings. The van der Waals surface area contributed by atoms with Crippen molar-refractivity contribution in [2.75, 3.05) is 13.1 Å². The van der Waals surface area contributed by atoms with E-state index in [2.05, 4.69) is 16.7 Å². The molecule has 130 valence electrons. The number of carbonyl (C=O) groups is 1. The Hall–Kier alpha value is -2.16. The van der Waals surface area contributed by atoms with Gasteiger partial charge in [0.2, 0.25) is 17.6 Å². The number of amides is 1. The normalized spacial score (nSPS) is 11.5. The van der Waals surface area contributed by atoms with Crippen molar-refractivity contribution in [1.82, 2.24) is 15.0 Å². The summed E-state index contributed by atoms with van der Waals surface area (Å²) in [6.45, 7) is 1.96. The zero-order valence-electron chi connectivity index (χ0n) is 12.8. The van der Waals surface area contributed by atoms with Gasteiger partial charge in [-0.1, -0.05) is 17.3 Å². The summed E-state index contributed by atoms with van der Waals surface area (Å²) in [5.74, 6) is 0.249. The lowest BCUT2D eigenvalue weighted by Gasteiger charge is -2.22. The van der Waals surface area contributed by atoms with Crippen LogP contribution < -0.4 is 0 Å². The maximum absolute atomic E-state index is 12.5. The van der Waals surface area contributed by atoms with Crippen molar-refractivity contribution >= 4 is 17.2 Å². The molecule has 24 heavy (non-hydrogen) atoms. The summed E-state index contributed by atoms with van der Waals surface area (Å²) in [6.07, 6.45) is -2.52. The summed E-state index contributed by atoms with van der Waals surface area (Å²) in [7, 11) is 0. The van der Waals surface area contributed by atoms with Gasteiger partial charge in [0.25, 0.3) is 0 Å². The molecule has 0 saturated carbocycles. The summed E-state index contributed by atoms with van der Waals surface area (Å²) >= 11 is 1.47. The smallest absolute Gasteiger partial charge is 0.339 e. The first-order valence-corrected chi connectivity index (χ1v) is 8.09. The minimum absolute atomic E-state index is 0.0271. The number of thiophene rings is 1. The molecule has 0 aliphatic rings. The van der Waals surface area contributed by atoms with Crippen molar-refractivity contribution in [3.05, 3.63) is 36.1 Å². The van der Waals surface area contributed by atoms with Gasteiger partial charge in [-0.2, -0.15) is 18.2 Å². The van der Waals surface area contributed by atoms with E-state index in [1.165, 1.54) is 17.4 Å². The van der Waals surface area contributed by atoms with E-state index in [1.807, 2.05) is 17.5 Å². The predicted octanol–water partition coefficient (Wildman–Crippen LogP) is 3.70. The van der Waals surface area contributed by atoms with Crippen molar-refractivity contribution in [3.8, 4) is 10.7 Å². The average Bonchev–Trinajstić information content (AvgIpc) is 3.16. The summed E-state index contributed by atoms with van der Waals surface area (Å²) < 4.78 is 42.4. The summed E-state index contributed by atoms with van der Waals surface area (Å²) in [5.41, 5.74) is 0. The molecule has 2 heterocycles. The van der Waals surface area contributed by atoms with E-state index in [-0.39, 0.29) is 13.0 Å². The predicted molar refractivity (Wildman–Crippen MR) is 83.4 cm³/mol. The second kappa shape index (κ2) is 8.09. The molecule has 1 amide bonds. The van der Waals surface area contributed by atoms with Crippen molar-refractivity contribution in [1.29, 1.82) is 0 Å². The zero-order chi connectivity index (χ0) is 17.6. The maximum atomic E-state index is 12.5. The molecular weight excluding hydrogens is 343 g/mol. The highest BCUT2D eigenvalue weighted by Gasteiger charge is 2.32. The standard InChI is InChI=1S/C15H16F3N3O2S/c1-2-8-21(10-15(16,17)18)13(22)7-3-6-12-19-14(20-23-12)11-5-4-9-24-11/h2,4-5,9H,1,3,6-8,10H2. The Kier molecular flexibility index (Phi) is 6.13. The largest absolute Gasteiger partial charge is 0.406 e. The van der Waals surface area contributed by atoms with E-state index < -0.39 is 18.6 Å². The molecule has 0 aliphatic heterocycles. The van der Waals surface area contributed by atoms with E-state index in [0.29, 0.717) is 24.6 Å². The van der Waals surface area contributed by atoms with Gasteiger partial charge in [0.15, 0.2) is 0 Å². The number of hydrogen-bond acceptors (Lipinski definition) is 5. The van der Waals surface area contributed by atoms with Crippen LogP contribution in [0.5, 0.6) is 0 Å². The molecule has 0 N–H and O–H groups in total. The van der Waals surface area contributed by atoms with Crippen LogP contribution in [-0.2, 0) is 11.2 Å². The average molecular weight is 359 g/mol. The van der Waals surface area contributed by atoms with Crippen LogP contribution >= 0.6 is 11.3 Å². The van der Waals surface area contributed by atoms with Gasteiger partial charge in [-0.3, -0.25) is 4.79 Å². The molecule has 0 saturated heterocycles. The number of rotatable bonds is 8. The van der Waals surface area contributed by atoms with E-state index in [4.69, 9.17) is 4.52 Å². The molecule has 2 aromatic rings. The Morgan fingerprint density at radius 2 is 2.25 bits per heavy atom. The third-order valence-electron chi connectivity index (χ3n) is 3.06. The van der Waals surface area contributed by atoms with Crippen LogP contribution in [0, 0.1) is 0 Å². The van der Waals surface area contributed by atoms with Gasteiger partial charge in [0.1, 0.15) is 6.54 Å². The van der Waals surface area contributed by atoms with E-state index >= 15 is 0 Å². The third kappa shape index (κ3) is 5.48. The van der Waals surface area contributed by atoms with Crippen molar-refractivity contribution in [2.24, 2.45) is 0 Å². The maximum Gasteiger partial charge on any atom is 0.406 e. The molecule has 2 rings (SSSR count). The van der Waals surface area contributed by atoms with Crippen LogP contribution in [0.3, 0.4) is 0 Å². The van der Waals surface area contributed by atoms with Crippen LogP contribution in [-0.4, -0.2) is 40.2 Å². The molecule has 2 aromatic heterocycles. The molecule has 0 unspecified atom stereocenters. The van der Waals surface area contributed by atoms with Crippen molar-refractivity contribution < 1.29 is 22.5 Å². The lowest BCUT2D eigenvalue weighted by molar-refractivity contribution is -0.160. The van der Waals surface area contributed by atoms with Crippen LogP contribution in [0.4, 0.5) is 13.2 Å². The Morgan fingerprint density at radius 3 is 2.88 bits per heavy atom. The lowest BCUT2D eigenvalue weighted by atomic mass is 10.2. The summed E-state index contributed by atoms with van der Waals surface area (Å²) in [5, 5.41) is 5.72. The highest BCUT2D eigenvalue weighted by atomic mass is 32.1. The Morgan fingerprint density at radius 1 is 1.46 bits per heavy atom. The number of aromatic nitrogens is 2. The summed E-state index contributed by atoms with van der Waals surface area (Å²) in [4.78, 5) is 17.7. The second-order valence-corrected chi connectivity index (χ2v) is 5.97. The van der Waals surface area contributed by atoms with Gasteiger partial charge < -0.3 is 9.42 Å². The van der Waals surface area contributed by atoms with Gasteiger partial charge in [0, 0.05) is 19.4 Å². The SMILES string of the molecule is C=CCN(CC(F)(F)F)C(=O)CCCc1nc(-c2cccs2)no1. The topological polar surface area (TPSA) is 59.2 Å². The fraction of sp³-hybridized carbons (Fsp3) is 0.400. The van der Waals surface area contributed by atoms with Crippen molar-refractivity contribution in [2.45, 2.75) is 25.4 Å². The van der Waals surface area contributed by atoms with Crippen molar-refractivity contribution in [3.63, 3.8) is 0 Å². The van der Waals surface area contributed by atoms with Crippen LogP contribution in [0.2, 0.25) is 0 Å².